The summed E-state index contributed by atoms with van der Waals surface area (Å²) in [6.07, 6.45) is 4.36. The first-order chi connectivity index (χ1) is 15.1. The van der Waals surface area contributed by atoms with Gasteiger partial charge in [0.1, 0.15) is 5.82 Å². The zero-order valence-corrected chi connectivity index (χ0v) is 18.2. The van der Waals surface area contributed by atoms with Crippen LogP contribution in [0, 0.1) is 0 Å². The number of anilines is 2. The molecule has 0 saturated carbocycles. The first-order valence-corrected chi connectivity index (χ1v) is 10.8. The van der Waals surface area contributed by atoms with Gasteiger partial charge in [-0.25, -0.2) is 9.97 Å². The van der Waals surface area contributed by atoms with Gasteiger partial charge in [0.05, 0.1) is 6.54 Å². The lowest BCUT2D eigenvalue weighted by Crippen LogP contribution is -2.49. The number of amides is 1. The second kappa shape index (κ2) is 9.85. The lowest BCUT2D eigenvalue weighted by Gasteiger charge is -2.35. The predicted molar refractivity (Wildman–Crippen MR) is 123 cm³/mol. The number of carbonyl (C=O) groups excluding carboxylic acids is 1. The van der Waals surface area contributed by atoms with Crippen LogP contribution in [0.25, 0.3) is 11.4 Å². The fourth-order valence-corrected chi connectivity index (χ4v) is 3.65. The molecule has 1 aliphatic rings. The van der Waals surface area contributed by atoms with Crippen molar-refractivity contribution in [1.29, 1.82) is 0 Å². The van der Waals surface area contributed by atoms with Crippen LogP contribution < -0.4 is 10.2 Å². The van der Waals surface area contributed by atoms with Crippen LogP contribution in [-0.2, 0) is 11.2 Å². The van der Waals surface area contributed by atoms with Crippen molar-refractivity contribution in [3.63, 3.8) is 0 Å². The Morgan fingerprint density at radius 3 is 2.42 bits per heavy atom. The van der Waals surface area contributed by atoms with Crippen molar-refractivity contribution in [2.45, 2.75) is 13.3 Å². The Bertz CT molecular complexity index is 1020. The Kier molecular flexibility index (Phi) is 6.74. The van der Waals surface area contributed by atoms with Gasteiger partial charge >= 0.3 is 0 Å². The molecule has 31 heavy (non-hydrogen) atoms. The van der Waals surface area contributed by atoms with Crippen molar-refractivity contribution in [2.24, 2.45) is 0 Å². The van der Waals surface area contributed by atoms with Crippen LogP contribution in [-0.4, -0.2) is 58.5 Å². The average molecular weight is 437 g/mol. The van der Waals surface area contributed by atoms with Gasteiger partial charge in [-0.3, -0.25) is 14.7 Å². The third-order valence-electron chi connectivity index (χ3n) is 5.26. The molecular formula is C23H25ClN6O. The number of aryl methyl sites for hydroxylation is 1. The number of halogens is 1. The van der Waals surface area contributed by atoms with E-state index in [9.17, 15) is 4.79 Å². The normalized spacial score (nSPS) is 14.5. The monoisotopic (exact) mass is 436 g/mol. The lowest BCUT2D eigenvalue weighted by atomic mass is 10.2. The minimum atomic E-state index is -0.0222. The second-order valence-electron chi connectivity index (χ2n) is 7.45. The maximum atomic E-state index is 12.4. The van der Waals surface area contributed by atoms with Crippen LogP contribution in [0.4, 0.5) is 11.5 Å². The predicted octanol–water partition coefficient (Wildman–Crippen LogP) is 3.52. The highest BCUT2D eigenvalue weighted by Gasteiger charge is 2.21. The number of hydrogen-bond donors (Lipinski definition) is 1. The van der Waals surface area contributed by atoms with Gasteiger partial charge in [0, 0.05) is 66.6 Å². The van der Waals surface area contributed by atoms with Crippen molar-refractivity contribution in [1.82, 2.24) is 19.9 Å². The zero-order chi connectivity index (χ0) is 21.6. The van der Waals surface area contributed by atoms with Crippen LogP contribution in [0.5, 0.6) is 0 Å². The molecule has 1 saturated heterocycles. The molecule has 3 aromatic rings. The molecule has 0 atom stereocenters. The number of rotatable bonds is 6. The number of benzene rings is 1. The molecule has 1 aliphatic heterocycles. The van der Waals surface area contributed by atoms with E-state index >= 15 is 0 Å². The van der Waals surface area contributed by atoms with Gasteiger partial charge in [0.15, 0.2) is 5.82 Å². The molecule has 1 aromatic carbocycles. The number of piperazine rings is 1. The fraction of sp³-hybridized carbons (Fsp3) is 0.304. The highest BCUT2D eigenvalue weighted by atomic mass is 35.5. The van der Waals surface area contributed by atoms with Crippen LogP contribution >= 0.6 is 11.6 Å². The molecule has 2 aromatic heterocycles. The summed E-state index contributed by atoms with van der Waals surface area (Å²) in [5.41, 5.74) is 2.73. The fourth-order valence-electron chi connectivity index (χ4n) is 3.53. The van der Waals surface area contributed by atoms with E-state index in [2.05, 4.69) is 38.1 Å². The summed E-state index contributed by atoms with van der Waals surface area (Å²) >= 11 is 5.89. The average Bonchev–Trinajstić information content (AvgIpc) is 2.81. The summed E-state index contributed by atoms with van der Waals surface area (Å²) in [6, 6.07) is 13.1. The SMILES string of the molecule is CCc1cc(N2CCN(CC(=O)Nc3ccc(Cl)cc3)CC2)nc(-c2ccncc2)n1. The summed E-state index contributed by atoms with van der Waals surface area (Å²) in [4.78, 5) is 30.4. The molecule has 1 amide bonds. The van der Waals surface area contributed by atoms with Crippen molar-refractivity contribution in [2.75, 3.05) is 42.9 Å². The van der Waals surface area contributed by atoms with Crippen molar-refractivity contribution >= 4 is 29.0 Å². The number of hydrogen-bond acceptors (Lipinski definition) is 6. The molecule has 0 unspecified atom stereocenters. The second-order valence-corrected chi connectivity index (χ2v) is 7.89. The smallest absolute Gasteiger partial charge is 0.238 e. The van der Waals surface area contributed by atoms with E-state index in [1.807, 2.05) is 12.1 Å². The van der Waals surface area contributed by atoms with Crippen LogP contribution in [0.3, 0.4) is 0 Å². The summed E-state index contributed by atoms with van der Waals surface area (Å²) in [5, 5.41) is 3.57. The third kappa shape index (κ3) is 5.57. The Labute approximate surface area is 187 Å². The van der Waals surface area contributed by atoms with E-state index in [1.165, 1.54) is 0 Å². The maximum Gasteiger partial charge on any atom is 0.238 e. The van der Waals surface area contributed by atoms with Crippen molar-refractivity contribution in [3.8, 4) is 11.4 Å². The molecule has 4 rings (SSSR count). The molecule has 8 heteroatoms. The van der Waals surface area contributed by atoms with E-state index in [-0.39, 0.29) is 5.91 Å². The summed E-state index contributed by atoms with van der Waals surface area (Å²) < 4.78 is 0. The van der Waals surface area contributed by atoms with Gasteiger partial charge in [-0.15, -0.1) is 0 Å². The zero-order valence-electron chi connectivity index (χ0n) is 17.5. The first-order valence-electron chi connectivity index (χ1n) is 10.4. The van der Waals surface area contributed by atoms with E-state index in [0.717, 1.165) is 61.2 Å². The Balaban J connectivity index is 1.37. The minimum Gasteiger partial charge on any atom is -0.354 e. The highest BCUT2D eigenvalue weighted by molar-refractivity contribution is 6.30. The molecular weight excluding hydrogens is 412 g/mol. The third-order valence-corrected chi connectivity index (χ3v) is 5.51. The van der Waals surface area contributed by atoms with Crippen molar-refractivity contribution in [3.05, 3.63) is 65.6 Å². The Morgan fingerprint density at radius 2 is 1.74 bits per heavy atom. The standard InChI is InChI=1S/C23H25ClN6O/c1-2-19-15-21(28-23(27-19)17-7-9-25-10-8-17)30-13-11-29(12-14-30)16-22(31)26-20-5-3-18(24)4-6-20/h3-10,15H,2,11-14,16H2,1H3,(H,26,31). The van der Waals surface area contributed by atoms with Crippen molar-refractivity contribution < 1.29 is 4.79 Å². The quantitative estimate of drug-likeness (QED) is 0.637. The van der Waals surface area contributed by atoms with E-state index in [1.54, 1.807) is 36.7 Å². The van der Waals surface area contributed by atoms with E-state index < -0.39 is 0 Å². The molecule has 3 heterocycles. The summed E-state index contributed by atoms with van der Waals surface area (Å²) in [6.45, 7) is 5.67. The van der Waals surface area contributed by atoms with E-state index in [0.29, 0.717) is 11.6 Å². The molecule has 0 radical (unpaired) electrons. The number of nitrogens with zero attached hydrogens (tertiary/aromatic N) is 5. The highest BCUT2D eigenvalue weighted by Crippen LogP contribution is 2.21. The molecule has 0 bridgehead atoms. The molecule has 1 N–H and O–H groups in total. The number of aromatic nitrogens is 3. The molecule has 160 valence electrons. The topological polar surface area (TPSA) is 74.2 Å². The summed E-state index contributed by atoms with van der Waals surface area (Å²) in [7, 11) is 0. The number of carbonyl (C=O) groups is 1. The number of pyridine rings is 1. The Morgan fingerprint density at radius 1 is 1.03 bits per heavy atom. The van der Waals surface area contributed by atoms with Gasteiger partial charge in [-0.1, -0.05) is 18.5 Å². The minimum absolute atomic E-state index is 0.0222. The van der Waals surface area contributed by atoms with Gasteiger partial charge in [-0.2, -0.15) is 0 Å². The van der Waals surface area contributed by atoms with E-state index in [4.69, 9.17) is 16.6 Å². The van der Waals surface area contributed by atoms with Crippen LogP contribution in [0.2, 0.25) is 5.02 Å². The molecule has 7 nitrogen and oxygen atoms in total. The van der Waals surface area contributed by atoms with Crippen LogP contribution in [0.15, 0.2) is 54.9 Å². The van der Waals surface area contributed by atoms with Gasteiger partial charge in [0.25, 0.3) is 0 Å². The Hall–Kier alpha value is -3.03. The number of nitrogens with one attached hydrogen (secondary N) is 1. The van der Waals surface area contributed by atoms with Crippen LogP contribution in [0.1, 0.15) is 12.6 Å². The summed E-state index contributed by atoms with van der Waals surface area (Å²) in [5.74, 6) is 1.64. The molecule has 0 spiro atoms. The van der Waals surface area contributed by atoms with Gasteiger partial charge < -0.3 is 10.2 Å². The lowest BCUT2D eigenvalue weighted by molar-refractivity contribution is -0.117. The van der Waals surface area contributed by atoms with Gasteiger partial charge in [-0.05, 0) is 42.8 Å². The maximum absolute atomic E-state index is 12.4. The molecule has 1 fully saturated rings. The first kappa shape index (κ1) is 21.2. The largest absolute Gasteiger partial charge is 0.354 e. The molecule has 0 aliphatic carbocycles. The van der Waals surface area contributed by atoms with Gasteiger partial charge in [0.2, 0.25) is 5.91 Å².